The summed E-state index contributed by atoms with van der Waals surface area (Å²) in [5, 5.41) is 4.22. The molecule has 2 fully saturated rings. The fraction of sp³-hybridized carbons (Fsp3) is 0.786. The van der Waals surface area contributed by atoms with Crippen molar-refractivity contribution in [2.45, 2.75) is 43.8 Å². The molecular formula is C14H23N3O4S. The van der Waals surface area contributed by atoms with Crippen molar-refractivity contribution >= 4 is 10.0 Å². The lowest BCUT2D eigenvalue weighted by molar-refractivity contribution is -0.280. The topological polar surface area (TPSA) is 73.7 Å². The molecule has 0 saturated carbocycles. The smallest absolute Gasteiger partial charge is 0.246 e. The van der Waals surface area contributed by atoms with Crippen LogP contribution >= 0.6 is 0 Å². The fourth-order valence-corrected chi connectivity index (χ4v) is 5.07. The maximum absolute atomic E-state index is 12.9. The van der Waals surface area contributed by atoms with Gasteiger partial charge in [0, 0.05) is 33.0 Å². The number of ether oxygens (including phenoxy) is 2. The zero-order chi connectivity index (χ0) is 16.0. The van der Waals surface area contributed by atoms with E-state index in [9.17, 15) is 8.42 Å². The van der Waals surface area contributed by atoms with E-state index in [2.05, 4.69) is 5.10 Å². The molecule has 3 heterocycles. The second-order valence-electron chi connectivity index (χ2n) is 5.99. The van der Waals surface area contributed by atoms with Crippen LogP contribution in [0.1, 0.15) is 30.7 Å². The van der Waals surface area contributed by atoms with Crippen molar-refractivity contribution in [2.75, 3.05) is 26.3 Å². The van der Waals surface area contributed by atoms with E-state index in [1.165, 1.54) is 4.31 Å². The number of hydrogen-bond donors (Lipinski definition) is 0. The summed E-state index contributed by atoms with van der Waals surface area (Å²) >= 11 is 0. The molecule has 1 spiro atoms. The molecule has 0 aromatic carbocycles. The molecule has 0 N–H and O–H groups in total. The number of piperidine rings is 1. The van der Waals surface area contributed by atoms with Crippen molar-refractivity contribution < 1.29 is 17.9 Å². The Morgan fingerprint density at radius 2 is 1.73 bits per heavy atom. The average molecular weight is 329 g/mol. The van der Waals surface area contributed by atoms with Gasteiger partial charge in [-0.25, -0.2) is 8.42 Å². The number of sulfonamides is 1. The van der Waals surface area contributed by atoms with E-state index in [4.69, 9.17) is 9.47 Å². The van der Waals surface area contributed by atoms with E-state index in [-0.39, 0.29) is 0 Å². The highest BCUT2D eigenvalue weighted by Crippen LogP contribution is 2.33. The predicted molar refractivity (Wildman–Crippen MR) is 79.9 cm³/mol. The molecule has 22 heavy (non-hydrogen) atoms. The van der Waals surface area contributed by atoms with Crippen molar-refractivity contribution in [2.24, 2.45) is 7.05 Å². The van der Waals surface area contributed by atoms with Crippen LogP contribution < -0.4 is 0 Å². The predicted octanol–water partition coefficient (Wildman–Crippen LogP) is 0.955. The minimum absolute atomic E-state index is 0.330. The molecular weight excluding hydrogens is 306 g/mol. The molecule has 1 aromatic heterocycles. The lowest BCUT2D eigenvalue weighted by atomic mass is 10.0. The summed E-state index contributed by atoms with van der Waals surface area (Å²) in [7, 11) is -1.76. The minimum atomic E-state index is -3.52. The summed E-state index contributed by atoms with van der Waals surface area (Å²) in [6.45, 7) is 5.72. The molecule has 0 amide bonds. The molecule has 7 nitrogen and oxygen atoms in total. The van der Waals surface area contributed by atoms with Gasteiger partial charge < -0.3 is 9.47 Å². The highest BCUT2D eigenvalue weighted by Gasteiger charge is 2.42. The standard InChI is InChI=1S/C14H23N3O4S/c1-11-13(12(2)16(3)15-11)22(18,19)17-7-5-14(6-8-17)20-9-4-10-21-14/h4-10H2,1-3H3. The molecule has 0 bridgehead atoms. The van der Waals surface area contributed by atoms with Gasteiger partial charge in [0.05, 0.1) is 24.6 Å². The van der Waals surface area contributed by atoms with E-state index in [0.717, 1.165) is 6.42 Å². The normalized spacial score (nSPS) is 23.0. The quantitative estimate of drug-likeness (QED) is 0.808. The van der Waals surface area contributed by atoms with Crippen LogP contribution in [-0.4, -0.2) is 54.6 Å². The summed E-state index contributed by atoms with van der Waals surface area (Å²) < 4.78 is 40.5. The number of aromatic nitrogens is 2. The first kappa shape index (κ1) is 15.9. The van der Waals surface area contributed by atoms with Gasteiger partial charge in [0.1, 0.15) is 4.90 Å². The van der Waals surface area contributed by atoms with Crippen LogP contribution in [0, 0.1) is 13.8 Å². The van der Waals surface area contributed by atoms with Crippen molar-refractivity contribution in [1.29, 1.82) is 0 Å². The Labute approximate surface area is 131 Å². The van der Waals surface area contributed by atoms with Crippen LogP contribution in [0.15, 0.2) is 4.90 Å². The summed E-state index contributed by atoms with van der Waals surface area (Å²) in [4.78, 5) is 0.330. The monoisotopic (exact) mass is 329 g/mol. The Kier molecular flexibility index (Phi) is 4.05. The molecule has 2 saturated heterocycles. The fourth-order valence-electron chi connectivity index (χ4n) is 3.23. The van der Waals surface area contributed by atoms with Gasteiger partial charge in [-0.1, -0.05) is 0 Å². The van der Waals surface area contributed by atoms with Gasteiger partial charge >= 0.3 is 0 Å². The van der Waals surface area contributed by atoms with E-state index in [1.54, 1.807) is 25.6 Å². The van der Waals surface area contributed by atoms with Gasteiger partial charge in [-0.3, -0.25) is 4.68 Å². The number of rotatable bonds is 2. The molecule has 8 heteroatoms. The van der Waals surface area contributed by atoms with Crippen LogP contribution in [0.3, 0.4) is 0 Å². The summed E-state index contributed by atoms with van der Waals surface area (Å²) in [6.07, 6.45) is 2.05. The van der Waals surface area contributed by atoms with E-state index >= 15 is 0 Å². The van der Waals surface area contributed by atoms with Gasteiger partial charge in [-0.2, -0.15) is 9.40 Å². The second-order valence-corrected chi connectivity index (χ2v) is 7.86. The first-order valence-corrected chi connectivity index (χ1v) is 9.08. The Hall–Kier alpha value is -0.960. The van der Waals surface area contributed by atoms with Gasteiger partial charge in [-0.05, 0) is 20.3 Å². The third-order valence-electron chi connectivity index (χ3n) is 4.54. The number of nitrogens with zero attached hydrogens (tertiary/aromatic N) is 3. The zero-order valence-electron chi connectivity index (χ0n) is 13.3. The molecule has 0 atom stereocenters. The average Bonchev–Trinajstić information content (AvgIpc) is 2.74. The summed E-state index contributed by atoms with van der Waals surface area (Å²) in [6, 6.07) is 0. The Bertz CT molecular complexity index is 652. The van der Waals surface area contributed by atoms with Crippen molar-refractivity contribution in [3.63, 3.8) is 0 Å². The van der Waals surface area contributed by atoms with Gasteiger partial charge in [0.2, 0.25) is 10.0 Å². The van der Waals surface area contributed by atoms with Crippen molar-refractivity contribution in [1.82, 2.24) is 14.1 Å². The Balaban J connectivity index is 1.80. The molecule has 2 aliphatic heterocycles. The molecule has 0 unspecified atom stereocenters. The SMILES string of the molecule is Cc1nn(C)c(C)c1S(=O)(=O)N1CCC2(CC1)OCCCO2. The first-order valence-electron chi connectivity index (χ1n) is 7.64. The second kappa shape index (κ2) is 5.59. The zero-order valence-corrected chi connectivity index (χ0v) is 14.1. The molecule has 2 aliphatic rings. The molecule has 0 radical (unpaired) electrons. The van der Waals surface area contributed by atoms with Crippen LogP contribution in [0.4, 0.5) is 0 Å². The molecule has 0 aliphatic carbocycles. The third-order valence-corrected chi connectivity index (χ3v) is 6.70. The lowest BCUT2D eigenvalue weighted by Crippen LogP contribution is -2.51. The first-order chi connectivity index (χ1) is 10.4. The van der Waals surface area contributed by atoms with Crippen LogP contribution in [0.25, 0.3) is 0 Å². The van der Waals surface area contributed by atoms with E-state index < -0.39 is 15.8 Å². The maximum atomic E-state index is 12.9. The van der Waals surface area contributed by atoms with Gasteiger partial charge in [0.15, 0.2) is 5.79 Å². The largest absolute Gasteiger partial charge is 0.350 e. The van der Waals surface area contributed by atoms with E-state index in [0.29, 0.717) is 55.4 Å². The van der Waals surface area contributed by atoms with Gasteiger partial charge in [0.25, 0.3) is 0 Å². The van der Waals surface area contributed by atoms with Crippen LogP contribution in [0.5, 0.6) is 0 Å². The van der Waals surface area contributed by atoms with Crippen molar-refractivity contribution in [3.8, 4) is 0 Å². The van der Waals surface area contributed by atoms with Crippen LogP contribution in [-0.2, 0) is 26.5 Å². The minimum Gasteiger partial charge on any atom is -0.350 e. The summed E-state index contributed by atoms with van der Waals surface area (Å²) in [5.41, 5.74) is 1.22. The van der Waals surface area contributed by atoms with E-state index in [1.807, 2.05) is 0 Å². The Morgan fingerprint density at radius 1 is 1.14 bits per heavy atom. The Morgan fingerprint density at radius 3 is 2.23 bits per heavy atom. The maximum Gasteiger partial charge on any atom is 0.246 e. The highest BCUT2D eigenvalue weighted by molar-refractivity contribution is 7.89. The van der Waals surface area contributed by atoms with Gasteiger partial charge in [-0.15, -0.1) is 0 Å². The number of hydrogen-bond acceptors (Lipinski definition) is 5. The summed E-state index contributed by atoms with van der Waals surface area (Å²) in [5.74, 6) is -0.580. The van der Waals surface area contributed by atoms with Crippen LogP contribution in [0.2, 0.25) is 0 Å². The molecule has 3 rings (SSSR count). The highest BCUT2D eigenvalue weighted by atomic mass is 32.2. The number of aryl methyl sites for hydroxylation is 2. The molecule has 124 valence electrons. The van der Waals surface area contributed by atoms with Crippen molar-refractivity contribution in [3.05, 3.63) is 11.4 Å². The lowest BCUT2D eigenvalue weighted by Gasteiger charge is -2.42. The molecule has 1 aromatic rings. The third kappa shape index (κ3) is 2.58.